The lowest BCUT2D eigenvalue weighted by Gasteiger charge is -2.23. The first-order valence-electron chi connectivity index (χ1n) is 6.38. The Morgan fingerprint density at radius 3 is 2.32 bits per heavy atom. The average Bonchev–Trinajstić information content (AvgIpc) is 2.53. The van der Waals surface area contributed by atoms with Crippen LogP contribution in [0.4, 0.5) is 0 Å². The highest BCUT2D eigenvalue weighted by Gasteiger charge is 2.34. The van der Waals surface area contributed by atoms with E-state index >= 15 is 0 Å². The first kappa shape index (κ1) is 17.4. The van der Waals surface area contributed by atoms with Crippen LogP contribution in [0, 0.1) is 5.41 Å². The molecule has 0 aliphatic carbocycles. The molecule has 0 spiro atoms. The summed E-state index contributed by atoms with van der Waals surface area (Å²) in [4.78, 5) is 4.79. The van der Waals surface area contributed by atoms with E-state index in [1.54, 1.807) is 0 Å². The molecule has 0 amide bonds. The Bertz CT molecular complexity index is 480. The predicted octanol–water partition coefficient (Wildman–Crippen LogP) is 5.64. The molecule has 19 heavy (non-hydrogen) atoms. The number of allylic oxidation sites excluding steroid dienone is 8. The average molecular weight is 257 g/mol. The Kier molecular flexibility index (Phi) is 6.47. The highest BCUT2D eigenvalue weighted by atomic mass is 14.8. The summed E-state index contributed by atoms with van der Waals surface area (Å²) in [5.41, 5.74) is 4.62. The molecule has 0 bridgehead atoms. The summed E-state index contributed by atoms with van der Waals surface area (Å²) in [6, 6.07) is 0. The Labute approximate surface area is 118 Å². The van der Waals surface area contributed by atoms with Crippen LogP contribution >= 0.6 is 0 Å². The molecule has 1 heteroatoms. The van der Waals surface area contributed by atoms with Crippen LogP contribution in [0.1, 0.15) is 42.0 Å². The van der Waals surface area contributed by atoms with Gasteiger partial charge in [0, 0.05) is 5.41 Å². The van der Waals surface area contributed by atoms with Gasteiger partial charge in [-0.15, -0.1) is 0 Å². The number of hydrogen-bond donors (Lipinski definition) is 0. The Morgan fingerprint density at radius 1 is 1.21 bits per heavy atom. The van der Waals surface area contributed by atoms with Gasteiger partial charge in [0.1, 0.15) is 0 Å². The third-order valence-electron chi connectivity index (χ3n) is 3.39. The van der Waals surface area contributed by atoms with Gasteiger partial charge in [0.05, 0.1) is 11.4 Å². The van der Waals surface area contributed by atoms with Crippen molar-refractivity contribution in [1.82, 2.24) is 0 Å². The first-order chi connectivity index (χ1) is 8.48. The van der Waals surface area contributed by atoms with Gasteiger partial charge in [0.15, 0.2) is 0 Å². The van der Waals surface area contributed by atoms with Crippen molar-refractivity contribution >= 4 is 5.71 Å². The molecular formula is C18H27N. The lowest BCUT2D eigenvalue weighted by atomic mass is 9.78. The van der Waals surface area contributed by atoms with E-state index in [9.17, 15) is 0 Å². The summed E-state index contributed by atoms with van der Waals surface area (Å²) in [5, 5.41) is 0. The van der Waals surface area contributed by atoms with Gasteiger partial charge in [0.25, 0.3) is 0 Å². The van der Waals surface area contributed by atoms with E-state index in [0.29, 0.717) is 0 Å². The Morgan fingerprint density at radius 2 is 1.84 bits per heavy atom. The van der Waals surface area contributed by atoms with Crippen LogP contribution in [-0.2, 0) is 0 Å². The van der Waals surface area contributed by atoms with Crippen molar-refractivity contribution in [2.24, 2.45) is 10.4 Å². The van der Waals surface area contributed by atoms with E-state index < -0.39 is 0 Å². The third-order valence-corrected chi connectivity index (χ3v) is 3.39. The van der Waals surface area contributed by atoms with Crippen molar-refractivity contribution in [3.63, 3.8) is 0 Å². The maximum absolute atomic E-state index is 4.79. The summed E-state index contributed by atoms with van der Waals surface area (Å²) in [6.07, 6.45) is 12.1. The maximum atomic E-state index is 4.79. The van der Waals surface area contributed by atoms with Crippen LogP contribution in [0.5, 0.6) is 0 Å². The van der Waals surface area contributed by atoms with Crippen molar-refractivity contribution in [1.29, 1.82) is 0 Å². The zero-order valence-electron chi connectivity index (χ0n) is 12.1. The number of nitrogens with zero attached hydrogens (tertiary/aromatic N) is 1. The molecule has 1 aliphatic heterocycles. The molecule has 1 nitrogen and oxygen atoms in total. The van der Waals surface area contributed by atoms with Crippen LogP contribution in [0.15, 0.2) is 64.9 Å². The zero-order chi connectivity index (χ0) is 13.8. The molecular weight excluding hydrogens is 230 g/mol. The summed E-state index contributed by atoms with van der Waals surface area (Å²) in [7, 11) is 0. The van der Waals surface area contributed by atoms with Crippen LogP contribution < -0.4 is 0 Å². The zero-order valence-corrected chi connectivity index (χ0v) is 12.1. The molecule has 1 aliphatic rings. The first-order valence-corrected chi connectivity index (χ1v) is 6.38. The van der Waals surface area contributed by atoms with Gasteiger partial charge in [-0.3, -0.25) is 4.99 Å². The summed E-state index contributed by atoms with van der Waals surface area (Å²) in [6.45, 7) is 14.4. The van der Waals surface area contributed by atoms with Gasteiger partial charge in [-0.2, -0.15) is 0 Å². The third kappa shape index (κ3) is 3.44. The molecule has 1 rings (SSSR count). The van der Waals surface area contributed by atoms with Gasteiger partial charge in [0.2, 0.25) is 0 Å². The second kappa shape index (κ2) is 7.08. The van der Waals surface area contributed by atoms with Gasteiger partial charge in [-0.05, 0) is 38.0 Å². The fourth-order valence-electron chi connectivity index (χ4n) is 2.11. The molecule has 0 N–H and O–H groups in total. The normalized spacial score (nSPS) is 19.0. The minimum absolute atomic E-state index is 0. The second-order valence-corrected chi connectivity index (χ2v) is 4.95. The molecule has 0 saturated carbocycles. The minimum atomic E-state index is -0.0246. The fraction of sp³-hybridized carbons (Fsp3) is 0.389. The Balaban J connectivity index is 0.00000324. The monoisotopic (exact) mass is 257 g/mol. The highest BCUT2D eigenvalue weighted by Crippen LogP contribution is 2.40. The number of aliphatic imine (C=N–C) groups is 1. The lowest BCUT2D eigenvalue weighted by molar-refractivity contribution is 0.639. The standard InChI is InChI=1S/C17H23N.CH4/c1-7-10-14(11-8-2)16-17(5,6)13(4)15(18-16)12-9-3;/h7-12H,1H2,2-6H3;1H4/b11-8-,12-9-,14-10+;. The highest BCUT2D eigenvalue weighted by molar-refractivity contribution is 6.10. The van der Waals surface area contributed by atoms with Crippen molar-refractivity contribution in [2.45, 2.75) is 42.0 Å². The summed E-state index contributed by atoms with van der Waals surface area (Å²) in [5.74, 6) is 0. The molecule has 0 saturated heterocycles. The van der Waals surface area contributed by atoms with E-state index in [2.05, 4.69) is 39.5 Å². The summed E-state index contributed by atoms with van der Waals surface area (Å²) < 4.78 is 0. The van der Waals surface area contributed by atoms with Gasteiger partial charge in [-0.25, -0.2) is 0 Å². The van der Waals surface area contributed by atoms with Crippen molar-refractivity contribution in [2.75, 3.05) is 0 Å². The van der Waals surface area contributed by atoms with E-state index in [1.807, 2.05) is 38.2 Å². The Hall–Kier alpha value is -1.63. The van der Waals surface area contributed by atoms with Crippen molar-refractivity contribution < 1.29 is 0 Å². The van der Waals surface area contributed by atoms with Crippen LogP contribution in [0.25, 0.3) is 0 Å². The quantitative estimate of drug-likeness (QED) is 0.578. The molecule has 0 unspecified atom stereocenters. The van der Waals surface area contributed by atoms with Crippen molar-refractivity contribution in [3.8, 4) is 0 Å². The SMILES string of the molecule is C.C=C/C=C(\C=C/C)C1=NC(/C=C\C)=C(C)C1(C)C. The molecule has 0 atom stereocenters. The second-order valence-electron chi connectivity index (χ2n) is 4.95. The van der Waals surface area contributed by atoms with Gasteiger partial charge < -0.3 is 0 Å². The number of rotatable bonds is 4. The van der Waals surface area contributed by atoms with E-state index in [-0.39, 0.29) is 12.8 Å². The largest absolute Gasteiger partial charge is 0.252 e. The van der Waals surface area contributed by atoms with E-state index in [0.717, 1.165) is 17.0 Å². The molecule has 0 aromatic rings. The molecule has 104 valence electrons. The number of hydrogen-bond acceptors (Lipinski definition) is 1. The van der Waals surface area contributed by atoms with Crippen LogP contribution in [0.3, 0.4) is 0 Å². The fourth-order valence-corrected chi connectivity index (χ4v) is 2.11. The van der Waals surface area contributed by atoms with E-state index in [1.165, 1.54) is 5.57 Å². The molecule has 0 aromatic carbocycles. The van der Waals surface area contributed by atoms with E-state index in [4.69, 9.17) is 4.99 Å². The topological polar surface area (TPSA) is 12.4 Å². The maximum Gasteiger partial charge on any atom is 0.0628 e. The molecule has 0 radical (unpaired) electrons. The lowest BCUT2D eigenvalue weighted by Crippen LogP contribution is -2.23. The minimum Gasteiger partial charge on any atom is -0.252 e. The van der Waals surface area contributed by atoms with Crippen LogP contribution in [0.2, 0.25) is 0 Å². The van der Waals surface area contributed by atoms with Gasteiger partial charge >= 0.3 is 0 Å². The summed E-state index contributed by atoms with van der Waals surface area (Å²) >= 11 is 0. The predicted molar refractivity (Wildman–Crippen MR) is 88.6 cm³/mol. The molecule has 0 fully saturated rings. The van der Waals surface area contributed by atoms with Crippen LogP contribution in [-0.4, -0.2) is 5.71 Å². The molecule has 0 aromatic heterocycles. The van der Waals surface area contributed by atoms with Gasteiger partial charge in [-0.1, -0.05) is 58.2 Å². The molecule has 1 heterocycles. The van der Waals surface area contributed by atoms with Crippen molar-refractivity contribution in [3.05, 3.63) is 59.9 Å². The smallest absolute Gasteiger partial charge is 0.0628 e.